The molecule has 0 bridgehead atoms. The van der Waals surface area contributed by atoms with Crippen molar-refractivity contribution in [3.8, 4) is 22.3 Å². The van der Waals surface area contributed by atoms with E-state index in [1.165, 1.54) is 40.9 Å². The van der Waals surface area contributed by atoms with Crippen LogP contribution in [0.4, 0.5) is 23.2 Å². The smallest absolute Gasteiger partial charge is 0.169 e. The van der Waals surface area contributed by atoms with Crippen LogP contribution in [-0.2, 0) is 0 Å². The molecule has 1 heterocycles. The Morgan fingerprint density at radius 1 is 0.710 bits per heavy atom. The van der Waals surface area contributed by atoms with Crippen LogP contribution >= 0.6 is 11.8 Å². The summed E-state index contributed by atoms with van der Waals surface area (Å²) in [6.07, 6.45) is 3.92. The molecule has 0 fully saturated rings. The topological polar surface area (TPSA) is 3.24 Å². The molecule has 0 spiro atoms. The number of nitrogens with zero attached hydrogens (tertiary/aromatic N) is 1. The monoisotopic (exact) mass is 439 g/mol. The van der Waals surface area contributed by atoms with Crippen molar-refractivity contribution in [2.24, 2.45) is 0 Å². The van der Waals surface area contributed by atoms with E-state index in [9.17, 15) is 17.6 Å². The predicted molar refractivity (Wildman–Crippen MR) is 116 cm³/mol. The van der Waals surface area contributed by atoms with Gasteiger partial charge in [-0.15, -0.1) is 0 Å². The second kappa shape index (κ2) is 8.08. The summed E-state index contributed by atoms with van der Waals surface area (Å²) in [7, 11) is 0. The fourth-order valence-corrected chi connectivity index (χ4v) is 5.17. The lowest BCUT2D eigenvalue weighted by Crippen LogP contribution is -2.18. The van der Waals surface area contributed by atoms with Crippen molar-refractivity contribution in [2.45, 2.75) is 25.7 Å². The van der Waals surface area contributed by atoms with Crippen molar-refractivity contribution in [2.75, 3.05) is 4.90 Å². The third-order valence-electron chi connectivity index (χ3n) is 5.53. The number of para-hydroxylation sites is 1. The summed E-state index contributed by atoms with van der Waals surface area (Å²) >= 11 is 1.51. The van der Waals surface area contributed by atoms with Crippen LogP contribution in [0, 0.1) is 29.1 Å². The van der Waals surface area contributed by atoms with Crippen LogP contribution < -0.4 is 4.90 Å². The largest absolute Gasteiger partial charge is 0.321 e. The molecule has 0 atom stereocenters. The molecule has 2 aliphatic rings. The van der Waals surface area contributed by atoms with Crippen LogP contribution in [0.5, 0.6) is 0 Å². The van der Waals surface area contributed by atoms with Crippen LogP contribution in [0.2, 0.25) is 0 Å². The van der Waals surface area contributed by atoms with E-state index in [1.54, 1.807) is 18.2 Å². The summed E-state index contributed by atoms with van der Waals surface area (Å²) in [5, 5.41) is 0. The number of allylic oxidation sites excluding steroid dienone is 2. The van der Waals surface area contributed by atoms with Crippen molar-refractivity contribution in [3.05, 3.63) is 94.3 Å². The molecule has 156 valence electrons. The molecule has 3 aromatic carbocycles. The number of benzene rings is 3. The van der Waals surface area contributed by atoms with Gasteiger partial charge in [0, 0.05) is 33.9 Å². The Morgan fingerprint density at radius 3 is 1.77 bits per heavy atom. The Morgan fingerprint density at radius 2 is 1.23 bits per heavy atom. The Labute approximate surface area is 182 Å². The van der Waals surface area contributed by atoms with Crippen LogP contribution in [0.15, 0.2) is 65.2 Å². The maximum atomic E-state index is 14.0. The summed E-state index contributed by atoms with van der Waals surface area (Å²) in [5.41, 5.74) is 3.52. The van der Waals surface area contributed by atoms with Gasteiger partial charge in [0.2, 0.25) is 0 Å². The highest BCUT2D eigenvalue weighted by atomic mass is 32.2. The number of rotatable bonds is 3. The Hall–Kier alpha value is -2.73. The van der Waals surface area contributed by atoms with Crippen LogP contribution in [-0.4, -0.2) is 0 Å². The molecule has 5 rings (SSSR count). The van der Waals surface area contributed by atoms with E-state index in [4.69, 9.17) is 0 Å². The van der Waals surface area contributed by atoms with Gasteiger partial charge in [0.15, 0.2) is 5.88 Å². The van der Waals surface area contributed by atoms with Gasteiger partial charge in [0.05, 0.1) is 5.69 Å². The summed E-state index contributed by atoms with van der Waals surface area (Å²) in [5.74, 6) is 0.533. The highest BCUT2D eigenvalue weighted by Gasteiger charge is 2.31. The van der Waals surface area contributed by atoms with Gasteiger partial charge >= 0.3 is 0 Å². The number of anilines is 1. The Bertz CT molecular complexity index is 1090. The lowest BCUT2D eigenvalue weighted by Gasteiger charge is -2.28. The molecule has 2 radical (unpaired) electrons. The third kappa shape index (κ3) is 3.85. The van der Waals surface area contributed by atoms with E-state index in [0.717, 1.165) is 43.5 Å². The molecular formula is C25H17F4NS. The normalized spacial score (nSPS) is 16.1. The summed E-state index contributed by atoms with van der Waals surface area (Å²) in [6.45, 7) is 0. The molecule has 1 nitrogen and oxygen atoms in total. The van der Waals surface area contributed by atoms with Crippen LogP contribution in [0.25, 0.3) is 22.3 Å². The van der Waals surface area contributed by atoms with Gasteiger partial charge in [0.25, 0.3) is 0 Å². The second-order valence-corrected chi connectivity index (χ2v) is 8.50. The zero-order valence-corrected chi connectivity index (χ0v) is 17.2. The first-order valence-electron chi connectivity index (χ1n) is 10.0. The summed E-state index contributed by atoms with van der Waals surface area (Å²) in [4.78, 5) is 3.11. The molecule has 3 aromatic rings. The van der Waals surface area contributed by atoms with Gasteiger partial charge in [-0.3, -0.25) is 0 Å². The van der Waals surface area contributed by atoms with Gasteiger partial charge < -0.3 is 4.90 Å². The van der Waals surface area contributed by atoms with E-state index >= 15 is 0 Å². The minimum Gasteiger partial charge on any atom is -0.321 e. The van der Waals surface area contributed by atoms with Crippen molar-refractivity contribution in [1.82, 2.24) is 0 Å². The molecular weight excluding hydrogens is 422 g/mol. The fourth-order valence-electron chi connectivity index (χ4n) is 4.21. The minimum absolute atomic E-state index is 0.350. The third-order valence-corrected chi connectivity index (χ3v) is 6.49. The van der Waals surface area contributed by atoms with Crippen molar-refractivity contribution >= 4 is 17.4 Å². The number of hydrogen-bond acceptors (Lipinski definition) is 2. The average Bonchev–Trinajstić information content (AvgIpc) is 3.15. The minimum atomic E-state index is -0.690. The van der Waals surface area contributed by atoms with Crippen molar-refractivity contribution in [3.63, 3.8) is 0 Å². The summed E-state index contributed by atoms with van der Waals surface area (Å²) < 4.78 is 56.2. The van der Waals surface area contributed by atoms with Gasteiger partial charge in [-0.05, 0) is 61.1 Å². The maximum Gasteiger partial charge on any atom is 0.169 e. The SMILES string of the molecule is Fc1cc(F)cc(-c2cccc(-c3cc(F)cc(F)c3)c2N2[C]SC3=C2CCCC3)c1. The Balaban J connectivity index is 1.77. The lowest BCUT2D eigenvalue weighted by molar-refractivity contribution is 0.583. The standard InChI is InChI=1S/C25H17F4NS/c26-17-8-15(9-18(27)12-17)21-4-3-5-22(16-10-19(28)13-20(29)11-16)25(21)30-14-31-24-7-2-1-6-23(24)30/h3-5,8-13H,1-2,6-7H2. The highest BCUT2D eigenvalue weighted by molar-refractivity contribution is 8.05. The molecule has 31 heavy (non-hydrogen) atoms. The fraction of sp³-hybridized carbons (Fsp3) is 0.160. The van der Waals surface area contributed by atoms with Gasteiger partial charge in [-0.25, -0.2) is 17.6 Å². The first-order valence-corrected chi connectivity index (χ1v) is 10.8. The predicted octanol–water partition coefficient (Wildman–Crippen LogP) is 7.91. The summed E-state index contributed by atoms with van der Waals surface area (Å²) in [6, 6.07) is 11.9. The Kier molecular flexibility index (Phi) is 5.26. The lowest BCUT2D eigenvalue weighted by atomic mass is 9.93. The van der Waals surface area contributed by atoms with Gasteiger partial charge in [-0.1, -0.05) is 30.0 Å². The molecule has 0 unspecified atom stereocenters. The van der Waals surface area contributed by atoms with Gasteiger partial charge in [-0.2, -0.15) is 0 Å². The zero-order chi connectivity index (χ0) is 21.5. The molecule has 6 heteroatoms. The van der Waals surface area contributed by atoms with Crippen LogP contribution in [0.3, 0.4) is 0 Å². The number of thioether (sulfide) groups is 1. The number of halogens is 4. The van der Waals surface area contributed by atoms with E-state index in [1.807, 2.05) is 4.90 Å². The molecule has 0 amide bonds. The molecule has 0 aromatic heterocycles. The number of hydrogen-bond donors (Lipinski definition) is 0. The first-order chi connectivity index (χ1) is 15.0. The molecule has 0 N–H and O–H groups in total. The van der Waals surface area contributed by atoms with E-state index in [2.05, 4.69) is 5.88 Å². The van der Waals surface area contributed by atoms with Gasteiger partial charge in [0.1, 0.15) is 23.3 Å². The highest BCUT2D eigenvalue weighted by Crippen LogP contribution is 2.51. The quantitative estimate of drug-likeness (QED) is 0.382. The van der Waals surface area contributed by atoms with E-state index in [0.29, 0.717) is 27.9 Å². The molecule has 0 saturated carbocycles. The van der Waals surface area contributed by atoms with Crippen molar-refractivity contribution < 1.29 is 17.6 Å². The van der Waals surface area contributed by atoms with E-state index in [-0.39, 0.29) is 0 Å². The molecule has 0 saturated heterocycles. The van der Waals surface area contributed by atoms with Crippen LogP contribution in [0.1, 0.15) is 25.7 Å². The second-order valence-electron chi connectivity index (χ2n) is 7.62. The maximum absolute atomic E-state index is 14.0. The first kappa shape index (κ1) is 20.2. The zero-order valence-electron chi connectivity index (χ0n) is 16.4. The van der Waals surface area contributed by atoms with E-state index < -0.39 is 23.3 Å². The molecule has 1 aliphatic carbocycles. The average molecular weight is 439 g/mol. The van der Waals surface area contributed by atoms with Crippen molar-refractivity contribution in [1.29, 1.82) is 0 Å². The molecule has 1 aliphatic heterocycles.